The topological polar surface area (TPSA) is 86.9 Å². The van der Waals surface area contributed by atoms with Gasteiger partial charge in [-0.15, -0.1) is 11.3 Å². The second kappa shape index (κ2) is 7.17. The van der Waals surface area contributed by atoms with Gasteiger partial charge in [0, 0.05) is 29.2 Å². The maximum Gasteiger partial charge on any atom is 0.250 e. The van der Waals surface area contributed by atoms with Gasteiger partial charge >= 0.3 is 0 Å². The lowest BCUT2D eigenvalue weighted by molar-refractivity contribution is 0.583. The third-order valence-electron chi connectivity index (χ3n) is 3.01. The Morgan fingerprint density at radius 1 is 1.33 bits per heavy atom. The van der Waals surface area contributed by atoms with Gasteiger partial charge in [-0.3, -0.25) is 5.10 Å². The van der Waals surface area contributed by atoms with Crippen molar-refractivity contribution in [1.29, 1.82) is 0 Å². The lowest BCUT2D eigenvalue weighted by Gasteiger charge is -2.04. The van der Waals surface area contributed by atoms with Gasteiger partial charge in [0.05, 0.1) is 6.20 Å². The summed E-state index contributed by atoms with van der Waals surface area (Å²) in [5, 5.41) is 9.92. The van der Waals surface area contributed by atoms with Crippen molar-refractivity contribution in [2.45, 2.75) is 37.6 Å². The van der Waals surface area contributed by atoms with E-state index in [4.69, 9.17) is 0 Å². The van der Waals surface area contributed by atoms with Crippen LogP contribution in [0.3, 0.4) is 0 Å². The second-order valence-electron chi connectivity index (χ2n) is 4.74. The molecule has 6 nitrogen and oxygen atoms in total. The van der Waals surface area contributed by atoms with E-state index >= 15 is 0 Å². The first-order chi connectivity index (χ1) is 10.0. The number of nitrogens with one attached hydrogen (secondary N) is 3. The molecule has 0 amide bonds. The van der Waals surface area contributed by atoms with Crippen molar-refractivity contribution in [2.24, 2.45) is 0 Å². The summed E-state index contributed by atoms with van der Waals surface area (Å²) in [6.07, 6.45) is 2.69. The highest BCUT2D eigenvalue weighted by molar-refractivity contribution is 7.91. The van der Waals surface area contributed by atoms with E-state index in [-0.39, 0.29) is 6.54 Å². The van der Waals surface area contributed by atoms with Crippen molar-refractivity contribution in [3.63, 3.8) is 0 Å². The smallest absolute Gasteiger partial charge is 0.250 e. The number of rotatable bonds is 8. The summed E-state index contributed by atoms with van der Waals surface area (Å²) in [4.78, 5) is 1.02. The Kier molecular flexibility index (Phi) is 5.51. The summed E-state index contributed by atoms with van der Waals surface area (Å²) in [6, 6.07) is 3.50. The zero-order chi connectivity index (χ0) is 15.3. The fourth-order valence-corrected chi connectivity index (χ4v) is 4.16. The molecule has 0 aromatic carbocycles. The number of aromatic amines is 1. The Balaban J connectivity index is 1.97. The van der Waals surface area contributed by atoms with Crippen molar-refractivity contribution in [1.82, 2.24) is 20.2 Å². The van der Waals surface area contributed by atoms with Crippen LogP contribution in [0.5, 0.6) is 0 Å². The first kappa shape index (κ1) is 16.2. The van der Waals surface area contributed by atoms with Crippen LogP contribution in [0.25, 0.3) is 0 Å². The fourth-order valence-electron chi connectivity index (χ4n) is 1.78. The van der Waals surface area contributed by atoms with E-state index in [1.54, 1.807) is 12.3 Å². The minimum Gasteiger partial charge on any atom is -0.312 e. The summed E-state index contributed by atoms with van der Waals surface area (Å²) in [6.45, 7) is 5.83. The van der Waals surface area contributed by atoms with Crippen LogP contribution in [0, 0.1) is 6.92 Å². The van der Waals surface area contributed by atoms with Crippen LogP contribution in [0.4, 0.5) is 0 Å². The quantitative estimate of drug-likeness (QED) is 0.644. The second-order valence-corrected chi connectivity index (χ2v) is 7.90. The Morgan fingerprint density at radius 3 is 2.81 bits per heavy atom. The predicted molar refractivity (Wildman–Crippen MR) is 83.7 cm³/mol. The number of aromatic nitrogens is 2. The van der Waals surface area contributed by atoms with Gasteiger partial charge in [-0.2, -0.15) is 5.10 Å². The fraction of sp³-hybridized carbons (Fsp3) is 0.462. The zero-order valence-electron chi connectivity index (χ0n) is 12.1. The molecule has 8 heteroatoms. The largest absolute Gasteiger partial charge is 0.312 e. The average molecular weight is 328 g/mol. The normalized spacial score (nSPS) is 11.9. The summed E-state index contributed by atoms with van der Waals surface area (Å²) in [7, 11) is -3.46. The molecule has 0 aliphatic carbocycles. The third-order valence-corrected chi connectivity index (χ3v) is 5.99. The van der Waals surface area contributed by atoms with Gasteiger partial charge in [0.2, 0.25) is 10.0 Å². The highest BCUT2D eigenvalue weighted by Gasteiger charge is 2.17. The minimum absolute atomic E-state index is 0.242. The van der Waals surface area contributed by atoms with Gasteiger partial charge in [-0.1, -0.05) is 6.92 Å². The van der Waals surface area contributed by atoms with E-state index in [0.717, 1.165) is 29.1 Å². The van der Waals surface area contributed by atoms with Crippen LogP contribution in [-0.2, 0) is 23.1 Å². The van der Waals surface area contributed by atoms with Gasteiger partial charge in [0.15, 0.2) is 0 Å². The van der Waals surface area contributed by atoms with E-state index < -0.39 is 10.0 Å². The maximum atomic E-state index is 12.2. The number of hydrogen-bond acceptors (Lipinski definition) is 5. The molecule has 2 aromatic heterocycles. The summed E-state index contributed by atoms with van der Waals surface area (Å²) < 4.78 is 27.4. The first-order valence-corrected chi connectivity index (χ1v) is 9.11. The van der Waals surface area contributed by atoms with Crippen molar-refractivity contribution in [2.75, 3.05) is 6.54 Å². The Labute approximate surface area is 129 Å². The van der Waals surface area contributed by atoms with Gasteiger partial charge in [0.25, 0.3) is 0 Å². The lowest BCUT2D eigenvalue weighted by atomic mass is 10.3. The molecule has 0 atom stereocenters. The molecule has 21 heavy (non-hydrogen) atoms. The molecule has 0 radical (unpaired) electrons. The maximum absolute atomic E-state index is 12.2. The van der Waals surface area contributed by atoms with Gasteiger partial charge < -0.3 is 5.32 Å². The number of nitrogens with zero attached hydrogens (tertiary/aromatic N) is 1. The van der Waals surface area contributed by atoms with Crippen LogP contribution < -0.4 is 10.0 Å². The molecule has 3 N–H and O–H groups in total. The van der Waals surface area contributed by atoms with E-state index in [0.29, 0.717) is 10.8 Å². The van der Waals surface area contributed by atoms with Crippen molar-refractivity contribution < 1.29 is 8.42 Å². The highest BCUT2D eigenvalue weighted by atomic mass is 32.2. The molecule has 0 saturated carbocycles. The molecule has 2 heterocycles. The predicted octanol–water partition coefficient (Wildman–Crippen LogP) is 1.76. The Hall–Kier alpha value is -1.22. The monoisotopic (exact) mass is 328 g/mol. The van der Waals surface area contributed by atoms with Crippen molar-refractivity contribution in [3.05, 3.63) is 34.5 Å². The summed E-state index contributed by atoms with van der Waals surface area (Å²) in [5.74, 6) is 0. The van der Waals surface area contributed by atoms with E-state index in [2.05, 4.69) is 27.2 Å². The molecule has 116 valence electrons. The Bertz CT molecular complexity index is 676. The van der Waals surface area contributed by atoms with Gasteiger partial charge in [0.1, 0.15) is 4.21 Å². The van der Waals surface area contributed by atoms with Gasteiger partial charge in [-0.05, 0) is 32.0 Å². The van der Waals surface area contributed by atoms with Crippen LogP contribution in [0.15, 0.2) is 22.5 Å². The van der Waals surface area contributed by atoms with E-state index in [9.17, 15) is 8.42 Å². The first-order valence-electron chi connectivity index (χ1n) is 6.81. The number of sulfonamides is 1. The van der Waals surface area contributed by atoms with E-state index in [1.165, 1.54) is 11.3 Å². The van der Waals surface area contributed by atoms with Crippen LogP contribution in [0.1, 0.15) is 29.5 Å². The van der Waals surface area contributed by atoms with Gasteiger partial charge in [-0.25, -0.2) is 13.1 Å². The molecular formula is C13H20N4O2S2. The summed E-state index contributed by atoms with van der Waals surface area (Å²) >= 11 is 1.30. The molecule has 2 aromatic rings. The minimum atomic E-state index is -3.46. The number of hydrogen-bond donors (Lipinski definition) is 3. The highest BCUT2D eigenvalue weighted by Crippen LogP contribution is 2.21. The van der Waals surface area contributed by atoms with Crippen molar-refractivity contribution >= 4 is 21.4 Å². The molecule has 0 saturated heterocycles. The zero-order valence-corrected chi connectivity index (χ0v) is 13.8. The lowest BCUT2D eigenvalue weighted by Crippen LogP contribution is -2.22. The van der Waals surface area contributed by atoms with Crippen LogP contribution in [0.2, 0.25) is 0 Å². The molecule has 0 spiro atoms. The standard InChI is InChI=1S/C13H20N4O2S2/c1-3-6-14-9-12-4-5-13(20-12)21(18,19)16-8-11-7-15-17-10(11)2/h4-5,7,14,16H,3,6,8-9H2,1-2H3,(H,15,17). The molecular weight excluding hydrogens is 308 g/mol. The SMILES string of the molecule is CCCNCc1ccc(S(=O)(=O)NCc2cn[nH]c2C)s1. The average Bonchev–Trinajstić information content (AvgIpc) is 3.06. The molecule has 2 rings (SSSR count). The third kappa shape index (κ3) is 4.37. The van der Waals surface area contributed by atoms with Crippen LogP contribution in [-0.4, -0.2) is 25.2 Å². The van der Waals surface area contributed by atoms with Crippen LogP contribution >= 0.6 is 11.3 Å². The molecule has 0 aliphatic heterocycles. The molecule has 0 bridgehead atoms. The summed E-state index contributed by atoms with van der Waals surface area (Å²) in [5.41, 5.74) is 1.72. The molecule has 0 aliphatic rings. The van der Waals surface area contributed by atoms with Crippen molar-refractivity contribution in [3.8, 4) is 0 Å². The number of thiophene rings is 1. The Morgan fingerprint density at radius 2 is 2.14 bits per heavy atom. The number of H-pyrrole nitrogens is 1. The molecule has 0 fully saturated rings. The van der Waals surface area contributed by atoms with E-state index in [1.807, 2.05) is 13.0 Å². The number of aryl methyl sites for hydroxylation is 1. The molecule has 0 unspecified atom stereocenters.